The van der Waals surface area contributed by atoms with Crippen LogP contribution < -0.4 is 5.32 Å². The van der Waals surface area contributed by atoms with E-state index in [1.165, 1.54) is 24.8 Å². The van der Waals surface area contributed by atoms with Crippen LogP contribution in [0.2, 0.25) is 0 Å². The third kappa shape index (κ3) is 5.47. The summed E-state index contributed by atoms with van der Waals surface area (Å²) >= 11 is 0. The molecule has 0 radical (unpaired) electrons. The first-order valence-electron chi connectivity index (χ1n) is 8.75. The lowest BCUT2D eigenvalue weighted by Gasteiger charge is -2.26. The summed E-state index contributed by atoms with van der Waals surface area (Å²) < 4.78 is 0. The van der Waals surface area contributed by atoms with Crippen LogP contribution in [0.15, 0.2) is 12.1 Å². The minimum atomic E-state index is 0.419. The molecule has 0 aliphatic carbocycles. The molecule has 120 valence electrons. The van der Waals surface area contributed by atoms with E-state index >= 15 is 0 Å². The topological polar surface area (TPSA) is 12.0 Å². The van der Waals surface area contributed by atoms with Crippen LogP contribution in [0.4, 0.5) is 0 Å². The van der Waals surface area contributed by atoms with E-state index in [9.17, 15) is 0 Å². The first-order valence-corrected chi connectivity index (χ1v) is 8.75. The minimum Gasteiger partial charge on any atom is -0.320 e. The molecule has 0 saturated carbocycles. The van der Waals surface area contributed by atoms with Crippen LogP contribution in [-0.4, -0.2) is 13.6 Å². The van der Waals surface area contributed by atoms with E-state index in [-0.39, 0.29) is 0 Å². The lowest BCUT2D eigenvalue weighted by Crippen LogP contribution is -2.20. The fourth-order valence-corrected chi connectivity index (χ4v) is 3.08. The van der Waals surface area contributed by atoms with Gasteiger partial charge in [-0.3, -0.25) is 0 Å². The molecule has 0 fully saturated rings. The van der Waals surface area contributed by atoms with E-state index in [0.717, 1.165) is 25.8 Å². The van der Waals surface area contributed by atoms with Crippen LogP contribution >= 0.6 is 0 Å². The van der Waals surface area contributed by atoms with Gasteiger partial charge >= 0.3 is 0 Å². The number of aryl methyl sites for hydroxylation is 3. The molecular weight excluding hydrogens is 254 g/mol. The Hall–Kier alpha value is -0.820. The van der Waals surface area contributed by atoms with Gasteiger partial charge in [0.15, 0.2) is 0 Å². The van der Waals surface area contributed by atoms with Crippen LogP contribution in [-0.2, 0) is 25.7 Å². The maximum Gasteiger partial charge on any atom is -0.00468 e. The monoisotopic (exact) mass is 289 g/mol. The van der Waals surface area contributed by atoms with Gasteiger partial charge in [-0.25, -0.2) is 0 Å². The van der Waals surface area contributed by atoms with Gasteiger partial charge in [-0.1, -0.05) is 46.8 Å². The van der Waals surface area contributed by atoms with Crippen molar-refractivity contribution < 1.29 is 0 Å². The van der Waals surface area contributed by atoms with Crippen molar-refractivity contribution in [3.8, 4) is 0 Å². The zero-order chi connectivity index (χ0) is 15.9. The number of benzene rings is 1. The second kappa shape index (κ2) is 8.58. The van der Waals surface area contributed by atoms with E-state index in [1.54, 1.807) is 16.7 Å². The largest absolute Gasteiger partial charge is 0.320 e. The molecule has 1 aromatic rings. The second-order valence-electron chi connectivity index (χ2n) is 6.97. The van der Waals surface area contributed by atoms with Gasteiger partial charge in [-0.15, -0.1) is 0 Å². The highest BCUT2D eigenvalue weighted by Crippen LogP contribution is 2.29. The van der Waals surface area contributed by atoms with Crippen molar-refractivity contribution in [2.24, 2.45) is 5.41 Å². The lowest BCUT2D eigenvalue weighted by atomic mass is 9.81. The van der Waals surface area contributed by atoms with Gasteiger partial charge in [0, 0.05) is 0 Å². The van der Waals surface area contributed by atoms with Crippen molar-refractivity contribution in [2.75, 3.05) is 13.6 Å². The zero-order valence-corrected chi connectivity index (χ0v) is 15.1. The first-order chi connectivity index (χ1) is 9.97. The summed E-state index contributed by atoms with van der Waals surface area (Å²) in [6.07, 6.45) is 7.22. The third-order valence-corrected chi connectivity index (χ3v) is 4.77. The molecule has 1 heteroatoms. The Bertz CT molecular complexity index is 406. The molecule has 1 aromatic carbocycles. The van der Waals surface area contributed by atoms with Crippen LogP contribution in [0.1, 0.15) is 69.7 Å². The minimum absolute atomic E-state index is 0.419. The van der Waals surface area contributed by atoms with Gasteiger partial charge in [-0.05, 0) is 79.8 Å². The molecule has 0 aromatic heterocycles. The Balaban J connectivity index is 2.91. The zero-order valence-electron chi connectivity index (χ0n) is 15.1. The maximum absolute atomic E-state index is 3.28. The molecule has 0 spiro atoms. The Labute approximate surface area is 132 Å². The molecule has 0 atom stereocenters. The van der Waals surface area contributed by atoms with E-state index in [1.807, 2.05) is 7.05 Å². The predicted molar refractivity (Wildman–Crippen MR) is 95.2 cm³/mol. The molecule has 1 rings (SSSR count). The van der Waals surface area contributed by atoms with Gasteiger partial charge < -0.3 is 5.32 Å². The molecule has 0 saturated heterocycles. The van der Waals surface area contributed by atoms with Crippen molar-refractivity contribution in [3.63, 3.8) is 0 Å². The van der Waals surface area contributed by atoms with E-state index in [0.29, 0.717) is 5.41 Å². The van der Waals surface area contributed by atoms with E-state index in [4.69, 9.17) is 0 Å². The molecular formula is C20H35N. The summed E-state index contributed by atoms with van der Waals surface area (Å²) in [5, 5.41) is 3.28. The van der Waals surface area contributed by atoms with Crippen molar-refractivity contribution in [1.29, 1.82) is 0 Å². The fourth-order valence-electron chi connectivity index (χ4n) is 3.08. The summed E-state index contributed by atoms with van der Waals surface area (Å²) in [4.78, 5) is 0. The number of nitrogens with one attached hydrogen (secondary N) is 1. The first kappa shape index (κ1) is 18.2. The molecule has 0 bridgehead atoms. The lowest BCUT2D eigenvalue weighted by molar-refractivity contribution is 0.305. The van der Waals surface area contributed by atoms with Crippen molar-refractivity contribution in [1.82, 2.24) is 5.32 Å². The molecule has 1 N–H and O–H groups in total. The number of hydrogen-bond donors (Lipinski definition) is 1. The molecule has 0 aliphatic rings. The highest BCUT2D eigenvalue weighted by molar-refractivity contribution is 5.40. The summed E-state index contributed by atoms with van der Waals surface area (Å²) in [5.74, 6) is 0. The van der Waals surface area contributed by atoms with Crippen LogP contribution in [0.3, 0.4) is 0 Å². The Morgan fingerprint density at radius 1 is 0.905 bits per heavy atom. The highest BCUT2D eigenvalue weighted by atomic mass is 14.8. The van der Waals surface area contributed by atoms with E-state index in [2.05, 4.69) is 52.1 Å². The fraction of sp³-hybridized carbons (Fsp3) is 0.700. The predicted octanol–water partition coefficient (Wildman–Crippen LogP) is 4.94. The maximum atomic E-state index is 3.28. The van der Waals surface area contributed by atoms with Crippen LogP contribution in [0.25, 0.3) is 0 Å². The number of rotatable bonds is 9. The summed E-state index contributed by atoms with van der Waals surface area (Å²) in [6.45, 7) is 12.8. The summed E-state index contributed by atoms with van der Waals surface area (Å²) in [6, 6.07) is 4.88. The molecule has 0 heterocycles. The van der Waals surface area contributed by atoms with Crippen molar-refractivity contribution >= 4 is 0 Å². The Morgan fingerprint density at radius 3 is 1.90 bits per heavy atom. The standard InChI is InChI=1S/C20H35N/c1-7-16-14-17(8-2)19(18(9-3)15-16)10-11-20(4,5)12-13-21-6/h14-15,21H,7-13H2,1-6H3. The van der Waals surface area contributed by atoms with Crippen molar-refractivity contribution in [2.45, 2.75) is 73.1 Å². The quantitative estimate of drug-likeness (QED) is 0.679. The smallest absolute Gasteiger partial charge is 0.00468 e. The third-order valence-electron chi connectivity index (χ3n) is 4.77. The SMILES string of the molecule is CCc1cc(CC)c(CCC(C)(C)CCNC)c(CC)c1. The molecule has 0 unspecified atom stereocenters. The second-order valence-corrected chi connectivity index (χ2v) is 6.97. The Morgan fingerprint density at radius 2 is 1.48 bits per heavy atom. The molecule has 0 aliphatic heterocycles. The number of hydrogen-bond acceptors (Lipinski definition) is 1. The van der Waals surface area contributed by atoms with Gasteiger partial charge in [-0.2, -0.15) is 0 Å². The van der Waals surface area contributed by atoms with Crippen molar-refractivity contribution in [3.05, 3.63) is 34.4 Å². The Kier molecular flexibility index (Phi) is 7.45. The molecule has 1 nitrogen and oxygen atoms in total. The highest BCUT2D eigenvalue weighted by Gasteiger charge is 2.19. The van der Waals surface area contributed by atoms with Gasteiger partial charge in [0.25, 0.3) is 0 Å². The average Bonchev–Trinajstić information content (AvgIpc) is 2.50. The molecule has 21 heavy (non-hydrogen) atoms. The summed E-state index contributed by atoms with van der Waals surface area (Å²) in [7, 11) is 2.05. The van der Waals surface area contributed by atoms with Gasteiger partial charge in [0.2, 0.25) is 0 Å². The van der Waals surface area contributed by atoms with Crippen LogP contribution in [0, 0.1) is 5.41 Å². The van der Waals surface area contributed by atoms with Gasteiger partial charge in [0.1, 0.15) is 0 Å². The van der Waals surface area contributed by atoms with Crippen LogP contribution in [0.5, 0.6) is 0 Å². The average molecular weight is 290 g/mol. The normalized spacial score (nSPS) is 11.9. The summed E-state index contributed by atoms with van der Waals surface area (Å²) in [5.41, 5.74) is 6.71. The molecule has 0 amide bonds. The van der Waals surface area contributed by atoms with Gasteiger partial charge in [0.05, 0.1) is 0 Å². The van der Waals surface area contributed by atoms with E-state index < -0.39 is 0 Å².